The minimum Gasteiger partial charge on any atom is -0.455 e. The first kappa shape index (κ1) is 46.5. The zero-order valence-corrected chi connectivity index (χ0v) is 46.8. The molecule has 11 aromatic carbocycles. The Morgan fingerprint density at radius 3 is 1.68 bits per heavy atom. The Balaban J connectivity index is 0.863. The van der Waals surface area contributed by atoms with Crippen LogP contribution >= 0.6 is 0 Å². The van der Waals surface area contributed by atoms with Crippen LogP contribution in [0.3, 0.4) is 0 Å². The summed E-state index contributed by atoms with van der Waals surface area (Å²) >= 11 is 0. The number of hydrogen-bond acceptors (Lipinski definition) is 3. The van der Waals surface area contributed by atoms with Gasteiger partial charge in [-0.05, 0) is 159 Å². The highest BCUT2D eigenvalue weighted by molar-refractivity contribution is 6.22. The molecule has 3 aromatic heterocycles. The Kier molecular flexibility index (Phi) is 9.15. The third kappa shape index (κ3) is 6.04. The van der Waals surface area contributed by atoms with Gasteiger partial charge in [0.25, 0.3) is 0 Å². The van der Waals surface area contributed by atoms with Crippen molar-refractivity contribution in [2.45, 2.75) is 71.6 Å². The van der Waals surface area contributed by atoms with Gasteiger partial charge in [-0.1, -0.05) is 181 Å². The second kappa shape index (κ2) is 15.9. The summed E-state index contributed by atoms with van der Waals surface area (Å²) in [4.78, 5) is 2.52. The Labute approximate surface area is 471 Å². The summed E-state index contributed by atoms with van der Waals surface area (Å²) in [5.41, 5.74) is 30.1. The zero-order chi connectivity index (χ0) is 54.6. The molecule has 4 heteroatoms. The van der Waals surface area contributed by atoms with E-state index in [1.807, 2.05) is 0 Å². The van der Waals surface area contributed by atoms with Crippen LogP contribution in [0.5, 0.6) is 0 Å². The fourth-order valence-corrected chi connectivity index (χ4v) is 15.6. The van der Waals surface area contributed by atoms with E-state index in [0.29, 0.717) is 0 Å². The average Bonchev–Trinajstić information content (AvgIpc) is 3.12. The molecule has 0 amide bonds. The molecule has 3 heterocycles. The molecule has 17 rings (SSSR count). The van der Waals surface area contributed by atoms with Gasteiger partial charge >= 0.3 is 0 Å². The quantitative estimate of drug-likeness (QED) is 0.172. The molecule has 0 fully saturated rings. The van der Waals surface area contributed by atoms with E-state index in [0.717, 1.165) is 61.6 Å². The number of aromatic nitrogens is 1. The van der Waals surface area contributed by atoms with E-state index in [-0.39, 0.29) is 16.2 Å². The lowest BCUT2D eigenvalue weighted by Crippen LogP contribution is -2.24. The first-order valence-corrected chi connectivity index (χ1v) is 28.7. The van der Waals surface area contributed by atoms with Crippen molar-refractivity contribution in [2.75, 3.05) is 4.90 Å². The standard InChI is InChI=1S/C77H58N2O2/c1-43-30-37-61(44(2)38-43)78(48-33-36-53-59(41-48)77(7,8)71-67(53)69-55-25-15-19-29-65(55)81-74(69)70-51-23-12-16-26-57(51)76(5,6)72(70)71)47-32-35-52-58(40-47)75(3,4)60-42-56(73-68(66(52)60)54-24-14-18-28-64(54)80-73)45-31-34-50-49-22-13-17-27-62(49)79(63(50)39-45)46-20-10-9-11-21-46/h9-42H,1-8H3. The Bertz CT molecular complexity index is 5110. The van der Waals surface area contributed by atoms with E-state index in [1.165, 1.54) is 116 Å². The van der Waals surface area contributed by atoms with Crippen molar-refractivity contribution in [2.24, 2.45) is 0 Å². The number of para-hydroxylation sites is 4. The fraction of sp³-hybridized carbons (Fsp3) is 0.143. The fourth-order valence-electron chi connectivity index (χ4n) is 15.6. The second-order valence-corrected chi connectivity index (χ2v) is 24.9. The molecular weight excluding hydrogens is 985 g/mol. The van der Waals surface area contributed by atoms with Gasteiger partial charge in [0.15, 0.2) is 0 Å². The van der Waals surface area contributed by atoms with E-state index in [2.05, 4.69) is 271 Å². The normalized spacial score (nSPS) is 15.0. The SMILES string of the molecule is Cc1ccc(N(c2ccc3c(c2)C(C)(C)c2cc(-c4ccc5c6ccccc6n(-c6ccccc6)c5c4)c4oc5ccccc5c4c2-3)c2ccc3c(c2)C(C)(C)c2c4c(c5oc6ccccc6c5c2-3)-c2ccccc2C4(C)C)c(C)c1. The molecule has 0 unspecified atom stereocenters. The maximum atomic E-state index is 7.08. The summed E-state index contributed by atoms with van der Waals surface area (Å²) in [5, 5.41) is 7.16. The van der Waals surface area contributed by atoms with Crippen molar-refractivity contribution < 1.29 is 8.83 Å². The zero-order valence-electron chi connectivity index (χ0n) is 46.8. The van der Waals surface area contributed by atoms with Gasteiger partial charge in [-0.2, -0.15) is 0 Å². The van der Waals surface area contributed by atoms with Crippen molar-refractivity contribution in [3.8, 4) is 50.2 Å². The van der Waals surface area contributed by atoms with Gasteiger partial charge in [-0.3, -0.25) is 0 Å². The average molecular weight is 1040 g/mol. The topological polar surface area (TPSA) is 34.5 Å². The predicted molar refractivity (Wildman–Crippen MR) is 338 cm³/mol. The lowest BCUT2D eigenvalue weighted by Gasteiger charge is -2.32. The number of nitrogens with zero attached hydrogens (tertiary/aromatic N) is 2. The van der Waals surface area contributed by atoms with E-state index in [4.69, 9.17) is 8.83 Å². The number of hydrogen-bond donors (Lipinski definition) is 0. The first-order valence-electron chi connectivity index (χ1n) is 28.7. The molecule has 3 aliphatic carbocycles. The van der Waals surface area contributed by atoms with Crippen LogP contribution in [0.1, 0.15) is 86.1 Å². The highest BCUT2D eigenvalue weighted by Gasteiger charge is 2.49. The van der Waals surface area contributed by atoms with E-state index in [1.54, 1.807) is 0 Å². The Morgan fingerprint density at radius 2 is 0.951 bits per heavy atom. The maximum Gasteiger partial charge on any atom is 0.144 e. The number of fused-ring (bicyclic) bond motifs is 22. The van der Waals surface area contributed by atoms with Crippen LogP contribution in [0.15, 0.2) is 215 Å². The molecule has 0 aliphatic heterocycles. The van der Waals surface area contributed by atoms with Gasteiger partial charge in [-0.15, -0.1) is 0 Å². The van der Waals surface area contributed by atoms with Crippen molar-refractivity contribution in [3.05, 3.63) is 251 Å². The molecule has 0 atom stereocenters. The minimum atomic E-state index is -0.371. The van der Waals surface area contributed by atoms with E-state index >= 15 is 0 Å². The smallest absolute Gasteiger partial charge is 0.144 e. The summed E-state index contributed by atoms with van der Waals surface area (Å²) in [6, 6.07) is 76.7. The summed E-state index contributed by atoms with van der Waals surface area (Å²) in [7, 11) is 0. The number of benzene rings is 11. The van der Waals surface area contributed by atoms with Gasteiger partial charge < -0.3 is 18.3 Å². The highest BCUT2D eigenvalue weighted by atomic mass is 16.3. The molecule has 0 saturated carbocycles. The summed E-state index contributed by atoms with van der Waals surface area (Å²) in [5.74, 6) is 0. The van der Waals surface area contributed by atoms with Crippen LogP contribution in [0.4, 0.5) is 17.1 Å². The molecule has 3 aliphatic rings. The van der Waals surface area contributed by atoms with Gasteiger partial charge in [0, 0.05) is 82.4 Å². The summed E-state index contributed by atoms with van der Waals surface area (Å²) in [6.07, 6.45) is 0. The molecule has 0 radical (unpaired) electrons. The largest absolute Gasteiger partial charge is 0.455 e. The molecular formula is C77H58N2O2. The van der Waals surface area contributed by atoms with Crippen LogP contribution < -0.4 is 4.90 Å². The molecule has 0 spiro atoms. The number of furan rings is 2. The number of anilines is 3. The Morgan fingerprint density at radius 1 is 0.383 bits per heavy atom. The minimum absolute atomic E-state index is 0.239. The summed E-state index contributed by atoms with van der Waals surface area (Å²) in [6.45, 7) is 19.0. The second-order valence-electron chi connectivity index (χ2n) is 24.9. The predicted octanol–water partition coefficient (Wildman–Crippen LogP) is 21.3. The number of aryl methyl sites for hydroxylation is 2. The molecule has 0 saturated heterocycles. The molecule has 14 aromatic rings. The molecule has 4 nitrogen and oxygen atoms in total. The van der Waals surface area contributed by atoms with Crippen molar-refractivity contribution >= 4 is 82.7 Å². The Hall–Kier alpha value is -9.38. The van der Waals surface area contributed by atoms with Crippen LogP contribution in [-0.4, -0.2) is 4.57 Å². The van der Waals surface area contributed by atoms with Gasteiger partial charge in [-0.25, -0.2) is 0 Å². The van der Waals surface area contributed by atoms with Crippen molar-refractivity contribution in [1.82, 2.24) is 4.57 Å². The lowest BCUT2D eigenvalue weighted by atomic mass is 9.72. The molecule has 0 bridgehead atoms. The monoisotopic (exact) mass is 1040 g/mol. The highest BCUT2D eigenvalue weighted by Crippen LogP contribution is 2.64. The van der Waals surface area contributed by atoms with E-state index in [9.17, 15) is 0 Å². The van der Waals surface area contributed by atoms with Crippen LogP contribution in [-0.2, 0) is 16.2 Å². The molecule has 388 valence electrons. The van der Waals surface area contributed by atoms with Crippen LogP contribution in [0.2, 0.25) is 0 Å². The van der Waals surface area contributed by atoms with Crippen LogP contribution in [0.25, 0.3) is 116 Å². The van der Waals surface area contributed by atoms with Crippen LogP contribution in [0, 0.1) is 13.8 Å². The van der Waals surface area contributed by atoms with Gasteiger partial charge in [0.2, 0.25) is 0 Å². The van der Waals surface area contributed by atoms with Crippen molar-refractivity contribution in [3.63, 3.8) is 0 Å². The molecule has 0 N–H and O–H groups in total. The third-order valence-electron chi connectivity index (χ3n) is 19.3. The third-order valence-corrected chi connectivity index (χ3v) is 19.3. The summed E-state index contributed by atoms with van der Waals surface area (Å²) < 4.78 is 16.5. The lowest BCUT2D eigenvalue weighted by molar-refractivity contribution is 0.600. The van der Waals surface area contributed by atoms with Gasteiger partial charge in [0.05, 0.1) is 11.0 Å². The number of rotatable bonds is 5. The first-order chi connectivity index (χ1) is 39.3. The maximum absolute atomic E-state index is 7.08. The van der Waals surface area contributed by atoms with Crippen molar-refractivity contribution in [1.29, 1.82) is 0 Å². The molecule has 81 heavy (non-hydrogen) atoms. The van der Waals surface area contributed by atoms with E-state index < -0.39 is 0 Å². The van der Waals surface area contributed by atoms with Gasteiger partial charge in [0.1, 0.15) is 22.3 Å².